The van der Waals surface area contributed by atoms with Crippen LogP contribution in [0.25, 0.3) is 0 Å². The Balaban J connectivity index is 0. The summed E-state index contributed by atoms with van der Waals surface area (Å²) in [6, 6.07) is 0. The van der Waals surface area contributed by atoms with Gasteiger partial charge in [-0.05, 0) is 13.8 Å². The van der Waals surface area contributed by atoms with Crippen LogP contribution in [0.1, 0.15) is 45.2 Å². The number of hydrogen-bond donors (Lipinski definition) is 2. The van der Waals surface area contributed by atoms with Crippen LogP contribution in [0.5, 0.6) is 0 Å². The molecule has 1 heterocycles. The van der Waals surface area contributed by atoms with E-state index >= 15 is 0 Å². The number of hydrogen-bond acceptors (Lipinski definition) is 4. The third-order valence-electron chi connectivity index (χ3n) is 1.18. The molecule has 3 nitrogen and oxygen atoms in total. The summed E-state index contributed by atoms with van der Waals surface area (Å²) in [6.07, 6.45) is 0. The molecule has 0 aliphatic heterocycles. The number of aliphatic hydroxyl groups is 2. The molecule has 0 bridgehead atoms. The molecule has 0 saturated carbocycles. The third kappa shape index (κ3) is 5.32. The van der Waals surface area contributed by atoms with E-state index in [0.29, 0.717) is 10.6 Å². The van der Waals surface area contributed by atoms with Gasteiger partial charge in [-0.2, -0.15) is 0 Å². The lowest BCUT2D eigenvalue weighted by Crippen LogP contribution is -2.19. The summed E-state index contributed by atoms with van der Waals surface area (Å²) < 4.78 is 0. The van der Waals surface area contributed by atoms with E-state index in [-0.39, 0.29) is 0 Å². The van der Waals surface area contributed by atoms with Gasteiger partial charge in [0.2, 0.25) is 0 Å². The van der Waals surface area contributed by atoms with Gasteiger partial charge in [-0.3, -0.25) is 0 Å². The number of aromatic nitrogens is 1. The van der Waals surface area contributed by atoms with Crippen LogP contribution in [0.15, 0.2) is 5.51 Å². The Morgan fingerprint density at radius 3 is 1.79 bits per heavy atom. The van der Waals surface area contributed by atoms with E-state index in [1.54, 1.807) is 12.4 Å². The van der Waals surface area contributed by atoms with Crippen LogP contribution in [-0.4, -0.2) is 15.2 Å². The Bertz CT molecular complexity index is 228. The van der Waals surface area contributed by atoms with Gasteiger partial charge in [-0.15, -0.1) is 11.3 Å². The Labute approximate surface area is 90.4 Å². The van der Waals surface area contributed by atoms with Crippen molar-refractivity contribution in [2.75, 3.05) is 0 Å². The Morgan fingerprint density at radius 1 is 1.21 bits per heavy atom. The predicted octanol–water partition coefficient (Wildman–Crippen LogP) is 2.66. The van der Waals surface area contributed by atoms with Gasteiger partial charge in [-0.1, -0.05) is 27.7 Å². The number of rotatable bonds is 1. The third-order valence-corrected chi connectivity index (χ3v) is 2.30. The van der Waals surface area contributed by atoms with Crippen molar-refractivity contribution >= 4 is 11.3 Å². The molecule has 0 amide bonds. The van der Waals surface area contributed by atoms with Crippen molar-refractivity contribution in [2.45, 2.75) is 47.3 Å². The maximum absolute atomic E-state index is 9.08. The number of aryl methyl sites for hydroxylation is 1. The molecule has 1 rings (SSSR count). The number of nitrogens with zero attached hydrogens (tertiary/aromatic N) is 1. The Hall–Kier alpha value is -0.450. The largest absolute Gasteiger partial charge is 0.361 e. The minimum atomic E-state index is -1.73. The van der Waals surface area contributed by atoms with Crippen LogP contribution in [0.3, 0.4) is 0 Å². The summed E-state index contributed by atoms with van der Waals surface area (Å²) in [6.45, 7) is 11.1. The maximum atomic E-state index is 9.08. The van der Waals surface area contributed by atoms with Crippen LogP contribution >= 0.6 is 11.3 Å². The molecule has 2 N–H and O–H groups in total. The molecule has 0 aliphatic rings. The van der Waals surface area contributed by atoms with Crippen LogP contribution in [0, 0.1) is 6.92 Å². The van der Waals surface area contributed by atoms with Gasteiger partial charge in [0.15, 0.2) is 5.79 Å². The van der Waals surface area contributed by atoms with Gasteiger partial charge >= 0.3 is 0 Å². The Morgan fingerprint density at radius 2 is 1.64 bits per heavy atom. The van der Waals surface area contributed by atoms with E-state index in [1.807, 2.05) is 27.7 Å². The highest BCUT2D eigenvalue weighted by molar-refractivity contribution is 7.09. The molecule has 0 spiro atoms. The molecule has 0 aliphatic carbocycles. The summed E-state index contributed by atoms with van der Waals surface area (Å²) >= 11 is 1.25. The quantitative estimate of drug-likeness (QED) is 0.714. The Kier molecular flexibility index (Phi) is 9.04. The first kappa shape index (κ1) is 16.0. The molecule has 0 atom stereocenters. The van der Waals surface area contributed by atoms with Crippen molar-refractivity contribution in [3.05, 3.63) is 16.1 Å². The first-order valence-corrected chi connectivity index (χ1v) is 5.75. The minimum absolute atomic E-state index is 0.507. The fourth-order valence-corrected chi connectivity index (χ4v) is 1.52. The summed E-state index contributed by atoms with van der Waals surface area (Å²) in [5.41, 5.74) is 2.27. The lowest BCUT2D eigenvalue weighted by Gasteiger charge is -2.13. The summed E-state index contributed by atoms with van der Waals surface area (Å²) in [7, 11) is 0. The van der Waals surface area contributed by atoms with Crippen molar-refractivity contribution in [1.82, 2.24) is 4.98 Å². The highest BCUT2D eigenvalue weighted by Gasteiger charge is 2.22. The lowest BCUT2D eigenvalue weighted by molar-refractivity contribution is -0.150. The molecule has 14 heavy (non-hydrogen) atoms. The summed E-state index contributed by atoms with van der Waals surface area (Å²) in [5, 5.41) is 18.2. The first-order chi connectivity index (χ1) is 6.52. The molecular formula is C10H21NO2S. The molecule has 0 saturated heterocycles. The topological polar surface area (TPSA) is 53.4 Å². The van der Waals surface area contributed by atoms with Crippen LogP contribution in [0.4, 0.5) is 0 Å². The maximum Gasteiger partial charge on any atom is 0.198 e. The molecule has 1 aromatic heterocycles. The second-order valence-electron chi connectivity index (χ2n) is 2.29. The summed E-state index contributed by atoms with van der Waals surface area (Å²) in [4.78, 5) is 4.39. The fourth-order valence-electron chi connectivity index (χ4n) is 0.756. The molecule has 0 fully saturated rings. The van der Waals surface area contributed by atoms with E-state index < -0.39 is 5.79 Å². The van der Waals surface area contributed by atoms with Crippen LogP contribution in [-0.2, 0) is 5.79 Å². The van der Waals surface area contributed by atoms with E-state index in [4.69, 9.17) is 10.2 Å². The zero-order chi connectivity index (χ0) is 11.8. The second kappa shape index (κ2) is 7.91. The number of thiazole rings is 1. The highest BCUT2D eigenvalue weighted by Crippen LogP contribution is 2.24. The van der Waals surface area contributed by atoms with E-state index in [9.17, 15) is 0 Å². The van der Waals surface area contributed by atoms with Gasteiger partial charge in [-0.25, -0.2) is 4.98 Å². The van der Waals surface area contributed by atoms with Gasteiger partial charge in [0.05, 0.1) is 16.1 Å². The summed E-state index contributed by atoms with van der Waals surface area (Å²) in [5.74, 6) is -1.73. The van der Waals surface area contributed by atoms with Gasteiger partial charge in [0.1, 0.15) is 0 Å². The molecule has 0 radical (unpaired) electrons. The molecule has 1 aromatic rings. The first-order valence-electron chi connectivity index (χ1n) is 4.87. The standard InChI is InChI=1S/C6H9NO2S.2C2H6/c1-4-5(6(2,8)9)10-3-7-4;2*1-2/h3,8-9H,1-2H3;2*1-2H3. The monoisotopic (exact) mass is 219 g/mol. The SMILES string of the molecule is CC.CC.Cc1ncsc1C(C)(O)O. The van der Waals surface area contributed by atoms with Crippen molar-refractivity contribution in [3.8, 4) is 0 Å². The zero-order valence-corrected chi connectivity index (χ0v) is 10.6. The lowest BCUT2D eigenvalue weighted by atomic mass is 10.2. The van der Waals surface area contributed by atoms with Gasteiger partial charge in [0, 0.05) is 0 Å². The van der Waals surface area contributed by atoms with Crippen LogP contribution in [0.2, 0.25) is 0 Å². The normalized spacial score (nSPS) is 9.43. The zero-order valence-electron chi connectivity index (χ0n) is 9.83. The van der Waals surface area contributed by atoms with Gasteiger partial charge < -0.3 is 10.2 Å². The van der Waals surface area contributed by atoms with E-state index in [1.165, 1.54) is 18.3 Å². The average Bonchev–Trinajstić information content (AvgIpc) is 2.58. The smallest absolute Gasteiger partial charge is 0.198 e. The molecule has 84 valence electrons. The highest BCUT2D eigenvalue weighted by atomic mass is 32.1. The average molecular weight is 219 g/mol. The van der Waals surface area contributed by atoms with Gasteiger partial charge in [0.25, 0.3) is 0 Å². The molecule has 0 aromatic carbocycles. The van der Waals surface area contributed by atoms with Crippen molar-refractivity contribution in [3.63, 3.8) is 0 Å². The predicted molar refractivity (Wildman–Crippen MR) is 61.3 cm³/mol. The molecule has 0 unspecified atom stereocenters. The molecule has 4 heteroatoms. The molecular weight excluding hydrogens is 198 g/mol. The van der Waals surface area contributed by atoms with Crippen LogP contribution < -0.4 is 0 Å². The van der Waals surface area contributed by atoms with E-state index in [2.05, 4.69) is 4.98 Å². The fraction of sp³-hybridized carbons (Fsp3) is 0.700. The second-order valence-corrected chi connectivity index (χ2v) is 3.14. The minimum Gasteiger partial charge on any atom is -0.361 e. The van der Waals surface area contributed by atoms with E-state index in [0.717, 1.165) is 0 Å². The van der Waals surface area contributed by atoms with Crippen molar-refractivity contribution in [2.24, 2.45) is 0 Å². The van der Waals surface area contributed by atoms with Crippen molar-refractivity contribution in [1.29, 1.82) is 0 Å². The van der Waals surface area contributed by atoms with Crippen molar-refractivity contribution < 1.29 is 10.2 Å².